The van der Waals surface area contributed by atoms with Crippen molar-refractivity contribution in [2.24, 2.45) is 14.1 Å². The number of anilines is 1. The second-order valence-corrected chi connectivity index (χ2v) is 6.59. The van der Waals surface area contributed by atoms with Gasteiger partial charge in [0.05, 0.1) is 4.90 Å². The molecule has 0 atom stereocenters. The maximum Gasteiger partial charge on any atom is 0.330 e. The lowest BCUT2D eigenvalue weighted by Gasteiger charge is -2.10. The van der Waals surface area contributed by atoms with Gasteiger partial charge in [0.25, 0.3) is 15.6 Å². The Balaban J connectivity index is 2.50. The predicted molar refractivity (Wildman–Crippen MR) is 83.6 cm³/mol. The molecule has 1 aromatic heterocycles. The molecule has 0 unspecified atom stereocenters. The maximum absolute atomic E-state index is 12.4. The van der Waals surface area contributed by atoms with Crippen LogP contribution in [0.1, 0.15) is 12.5 Å². The highest BCUT2D eigenvalue weighted by Gasteiger charge is 2.17. The van der Waals surface area contributed by atoms with Crippen molar-refractivity contribution < 1.29 is 8.42 Å². The topological polar surface area (TPSA) is 90.2 Å². The Morgan fingerprint density at radius 2 is 1.86 bits per heavy atom. The summed E-state index contributed by atoms with van der Waals surface area (Å²) in [5, 5.41) is 0. The molecule has 1 aromatic carbocycles. The van der Waals surface area contributed by atoms with Crippen molar-refractivity contribution in [2.75, 3.05) is 4.72 Å². The number of nitrogens with zero attached hydrogens (tertiary/aromatic N) is 2. The number of aryl methyl sites for hydroxylation is 2. The van der Waals surface area contributed by atoms with E-state index in [-0.39, 0.29) is 10.6 Å². The van der Waals surface area contributed by atoms with Gasteiger partial charge in [-0.15, -0.1) is 0 Å². The average Bonchev–Trinajstić information content (AvgIpc) is 2.50. The van der Waals surface area contributed by atoms with Gasteiger partial charge in [0.1, 0.15) is 5.69 Å². The molecule has 0 saturated carbocycles. The fraction of sp³-hybridized carbons (Fsp3) is 0.286. The Morgan fingerprint density at radius 3 is 2.50 bits per heavy atom. The highest BCUT2D eigenvalue weighted by molar-refractivity contribution is 7.92. The van der Waals surface area contributed by atoms with Crippen LogP contribution in [0.4, 0.5) is 5.69 Å². The van der Waals surface area contributed by atoms with Crippen molar-refractivity contribution in [2.45, 2.75) is 18.2 Å². The molecule has 0 radical (unpaired) electrons. The van der Waals surface area contributed by atoms with Crippen molar-refractivity contribution >= 4 is 15.7 Å². The molecule has 1 heterocycles. The van der Waals surface area contributed by atoms with Gasteiger partial charge in [-0.3, -0.25) is 14.1 Å². The first-order valence-corrected chi connectivity index (χ1v) is 8.13. The lowest BCUT2D eigenvalue weighted by Crippen LogP contribution is -2.38. The summed E-state index contributed by atoms with van der Waals surface area (Å²) in [6.07, 6.45) is 1.87. The van der Waals surface area contributed by atoms with Crippen LogP contribution in [-0.2, 0) is 30.5 Å². The normalized spacial score (nSPS) is 11.4. The minimum atomic E-state index is -3.89. The van der Waals surface area contributed by atoms with Crippen molar-refractivity contribution in [1.29, 1.82) is 0 Å². The van der Waals surface area contributed by atoms with E-state index in [0.29, 0.717) is 6.42 Å². The molecule has 118 valence electrons. The summed E-state index contributed by atoms with van der Waals surface area (Å²) in [6.45, 7) is 1.92. The molecule has 22 heavy (non-hydrogen) atoms. The molecular formula is C14H17N3O4S. The number of rotatable bonds is 4. The van der Waals surface area contributed by atoms with Crippen molar-refractivity contribution in [3.05, 3.63) is 56.9 Å². The lowest BCUT2D eigenvalue weighted by molar-refractivity contribution is 0.600. The monoisotopic (exact) mass is 323 g/mol. The summed E-state index contributed by atoms with van der Waals surface area (Å²) in [5.74, 6) is 0. The van der Waals surface area contributed by atoms with Crippen LogP contribution in [0.5, 0.6) is 0 Å². The van der Waals surface area contributed by atoms with Crippen LogP contribution >= 0.6 is 0 Å². The van der Waals surface area contributed by atoms with Crippen molar-refractivity contribution in [3.8, 4) is 0 Å². The molecule has 8 heteroatoms. The second kappa shape index (κ2) is 5.80. The smallest absolute Gasteiger partial charge is 0.301 e. The van der Waals surface area contributed by atoms with E-state index in [9.17, 15) is 18.0 Å². The summed E-state index contributed by atoms with van der Waals surface area (Å²) >= 11 is 0. The lowest BCUT2D eigenvalue weighted by atomic mass is 10.2. The van der Waals surface area contributed by atoms with E-state index in [1.54, 1.807) is 12.1 Å². The summed E-state index contributed by atoms with van der Waals surface area (Å²) in [4.78, 5) is 23.7. The Kier molecular flexibility index (Phi) is 4.23. The van der Waals surface area contributed by atoms with E-state index in [1.807, 2.05) is 13.0 Å². The number of benzene rings is 1. The quantitative estimate of drug-likeness (QED) is 0.884. The molecule has 0 aliphatic carbocycles. The highest BCUT2D eigenvalue weighted by Crippen LogP contribution is 2.15. The van der Waals surface area contributed by atoms with Crippen LogP contribution in [0.2, 0.25) is 0 Å². The molecule has 1 N–H and O–H groups in total. The number of sulfonamides is 1. The average molecular weight is 323 g/mol. The fourth-order valence-electron chi connectivity index (χ4n) is 2.01. The van der Waals surface area contributed by atoms with Crippen LogP contribution < -0.4 is 16.0 Å². The third kappa shape index (κ3) is 2.96. The molecule has 0 amide bonds. The van der Waals surface area contributed by atoms with Gasteiger partial charge < -0.3 is 4.57 Å². The Morgan fingerprint density at radius 1 is 1.18 bits per heavy atom. The highest BCUT2D eigenvalue weighted by atomic mass is 32.2. The molecule has 0 aliphatic rings. The minimum absolute atomic E-state index is 0.0720. The van der Waals surface area contributed by atoms with Crippen LogP contribution in [0.3, 0.4) is 0 Å². The van der Waals surface area contributed by atoms with Crippen molar-refractivity contribution in [1.82, 2.24) is 9.13 Å². The molecule has 0 bridgehead atoms. The first-order chi connectivity index (χ1) is 10.3. The SMILES string of the molecule is CCc1cccc(S(=O)(=O)Nc2cn(C)c(=O)n(C)c2=O)c1. The third-order valence-corrected chi connectivity index (χ3v) is 4.67. The largest absolute Gasteiger partial charge is 0.330 e. The Bertz CT molecular complexity index is 926. The summed E-state index contributed by atoms with van der Waals surface area (Å²) in [6, 6.07) is 6.47. The van der Waals surface area contributed by atoms with Crippen LogP contribution in [0, 0.1) is 0 Å². The molecule has 0 saturated heterocycles. The molecule has 7 nitrogen and oxygen atoms in total. The molecule has 2 aromatic rings. The van der Waals surface area contributed by atoms with Crippen LogP contribution in [0.15, 0.2) is 44.9 Å². The molecular weight excluding hydrogens is 306 g/mol. The predicted octanol–water partition coefficient (Wildman–Crippen LogP) is 0.447. The van der Waals surface area contributed by atoms with E-state index in [1.165, 1.54) is 26.4 Å². The van der Waals surface area contributed by atoms with Gasteiger partial charge in [-0.2, -0.15) is 0 Å². The molecule has 0 spiro atoms. The molecule has 0 fully saturated rings. The zero-order valence-electron chi connectivity index (χ0n) is 12.5. The van der Waals surface area contributed by atoms with E-state index in [2.05, 4.69) is 4.72 Å². The van der Waals surface area contributed by atoms with Gasteiger partial charge in [0.2, 0.25) is 0 Å². The number of nitrogens with one attached hydrogen (secondary N) is 1. The van der Waals surface area contributed by atoms with Crippen LogP contribution in [0.25, 0.3) is 0 Å². The molecule has 0 aliphatic heterocycles. The minimum Gasteiger partial charge on any atom is -0.301 e. The van der Waals surface area contributed by atoms with Gasteiger partial charge in [-0.1, -0.05) is 19.1 Å². The zero-order chi connectivity index (χ0) is 16.5. The molecule has 2 rings (SSSR count). The number of hydrogen-bond acceptors (Lipinski definition) is 4. The van der Waals surface area contributed by atoms with E-state index < -0.39 is 21.3 Å². The van der Waals surface area contributed by atoms with Gasteiger partial charge in [-0.05, 0) is 24.1 Å². The first-order valence-electron chi connectivity index (χ1n) is 6.64. The van der Waals surface area contributed by atoms with Gasteiger partial charge in [-0.25, -0.2) is 13.2 Å². The summed E-state index contributed by atoms with van der Waals surface area (Å²) in [5.41, 5.74) is -0.526. The fourth-order valence-corrected chi connectivity index (χ4v) is 3.13. The Labute approximate surface area is 127 Å². The van der Waals surface area contributed by atoms with Crippen LogP contribution in [-0.4, -0.2) is 17.6 Å². The van der Waals surface area contributed by atoms with E-state index >= 15 is 0 Å². The van der Waals surface area contributed by atoms with Gasteiger partial charge >= 0.3 is 5.69 Å². The third-order valence-electron chi connectivity index (χ3n) is 3.31. The zero-order valence-corrected chi connectivity index (χ0v) is 13.3. The van der Waals surface area contributed by atoms with Gasteiger partial charge in [0.15, 0.2) is 0 Å². The number of hydrogen-bond donors (Lipinski definition) is 1. The van der Waals surface area contributed by atoms with E-state index in [0.717, 1.165) is 14.7 Å². The second-order valence-electron chi connectivity index (χ2n) is 4.91. The van der Waals surface area contributed by atoms with E-state index in [4.69, 9.17) is 0 Å². The Hall–Kier alpha value is -2.35. The van der Waals surface area contributed by atoms with Gasteiger partial charge in [0, 0.05) is 20.3 Å². The maximum atomic E-state index is 12.4. The number of aromatic nitrogens is 2. The van der Waals surface area contributed by atoms with Crippen molar-refractivity contribution in [3.63, 3.8) is 0 Å². The standard InChI is InChI=1S/C14H17N3O4S/c1-4-10-6-5-7-11(8-10)22(20,21)15-12-9-16(2)14(19)17(3)13(12)18/h5-9,15H,4H2,1-3H3. The first kappa shape index (κ1) is 16.0. The summed E-state index contributed by atoms with van der Waals surface area (Å²) < 4.78 is 29.0. The summed E-state index contributed by atoms with van der Waals surface area (Å²) in [7, 11) is -1.16.